The maximum atomic E-state index is 12.5. The van der Waals surface area contributed by atoms with Crippen LogP contribution in [0.25, 0.3) is 0 Å². The smallest absolute Gasteiger partial charge is 0.309 e. The van der Waals surface area contributed by atoms with Crippen LogP contribution in [0.2, 0.25) is 0 Å². The first-order valence-electron chi connectivity index (χ1n) is 12.4. The van der Waals surface area contributed by atoms with E-state index in [-0.39, 0.29) is 10.8 Å². The fraction of sp³-hybridized carbons (Fsp3) is 0.741. The molecule has 4 unspecified atom stereocenters. The molecular weight excluding hydrogens is 372 g/mol. The highest BCUT2D eigenvalue weighted by Crippen LogP contribution is 2.78. The number of carbonyl (C=O) groups is 1. The summed E-state index contributed by atoms with van der Waals surface area (Å²) in [5.74, 6) is 2.81. The fourth-order valence-corrected chi connectivity index (χ4v) is 11.2. The minimum atomic E-state index is -0.487. The highest BCUT2D eigenvalue weighted by molar-refractivity contribution is 5.75. The summed E-state index contributed by atoms with van der Waals surface area (Å²) in [6, 6.07) is 8.14. The zero-order valence-electron chi connectivity index (χ0n) is 17.9. The van der Waals surface area contributed by atoms with Gasteiger partial charge in [-0.3, -0.25) is 4.79 Å². The van der Waals surface area contributed by atoms with E-state index in [1.807, 2.05) is 12.1 Å². The Balaban J connectivity index is 1.34. The lowest BCUT2D eigenvalue weighted by Crippen LogP contribution is -2.66. The second kappa shape index (κ2) is 5.45. The van der Waals surface area contributed by atoms with Gasteiger partial charge < -0.3 is 10.2 Å². The third-order valence-electron chi connectivity index (χ3n) is 11.2. The van der Waals surface area contributed by atoms with Gasteiger partial charge in [0, 0.05) is 0 Å². The van der Waals surface area contributed by atoms with Crippen molar-refractivity contribution in [2.75, 3.05) is 0 Å². The van der Waals surface area contributed by atoms with Crippen LogP contribution in [0.15, 0.2) is 24.3 Å². The molecule has 8 bridgehead atoms. The highest BCUT2D eigenvalue weighted by atomic mass is 16.4. The van der Waals surface area contributed by atoms with Crippen LogP contribution < -0.4 is 0 Å². The summed E-state index contributed by atoms with van der Waals surface area (Å²) >= 11 is 0. The van der Waals surface area contributed by atoms with Gasteiger partial charge in [0.2, 0.25) is 0 Å². The molecule has 0 amide bonds. The van der Waals surface area contributed by atoms with Gasteiger partial charge in [-0.15, -0.1) is 0 Å². The highest BCUT2D eigenvalue weighted by Gasteiger charge is 2.71. The molecule has 0 aliphatic heterocycles. The molecule has 3 nitrogen and oxygen atoms in total. The monoisotopic (exact) mass is 406 g/mol. The van der Waals surface area contributed by atoms with Gasteiger partial charge in [0.15, 0.2) is 0 Å². The van der Waals surface area contributed by atoms with Gasteiger partial charge in [-0.25, -0.2) is 0 Å². The van der Waals surface area contributed by atoms with Crippen LogP contribution in [-0.2, 0) is 10.2 Å². The normalized spacial score (nSPS) is 52.7. The largest absolute Gasteiger partial charge is 0.508 e. The topological polar surface area (TPSA) is 57.5 Å². The van der Waals surface area contributed by atoms with E-state index in [0.29, 0.717) is 23.0 Å². The second-order valence-corrected chi connectivity index (χ2v) is 12.9. The van der Waals surface area contributed by atoms with E-state index in [9.17, 15) is 15.0 Å². The van der Waals surface area contributed by atoms with E-state index in [4.69, 9.17) is 0 Å². The van der Waals surface area contributed by atoms with Gasteiger partial charge in [-0.05, 0) is 135 Å². The molecular formula is C27H34O3. The molecule has 9 rings (SSSR count). The van der Waals surface area contributed by atoms with Gasteiger partial charge in [0.25, 0.3) is 0 Å². The summed E-state index contributed by atoms with van der Waals surface area (Å²) in [5.41, 5.74) is 1.91. The van der Waals surface area contributed by atoms with E-state index < -0.39 is 11.4 Å². The van der Waals surface area contributed by atoms with Crippen molar-refractivity contribution in [3.63, 3.8) is 0 Å². The fourth-order valence-electron chi connectivity index (χ4n) is 11.2. The third-order valence-corrected chi connectivity index (χ3v) is 11.2. The van der Waals surface area contributed by atoms with Crippen molar-refractivity contribution in [1.82, 2.24) is 0 Å². The number of aromatic hydroxyl groups is 1. The molecule has 8 saturated carbocycles. The number of carboxylic acids is 1. The van der Waals surface area contributed by atoms with Crippen molar-refractivity contribution in [3.05, 3.63) is 29.8 Å². The Morgan fingerprint density at radius 1 is 0.733 bits per heavy atom. The minimum absolute atomic E-state index is 0.261. The van der Waals surface area contributed by atoms with Gasteiger partial charge >= 0.3 is 5.97 Å². The standard InChI is InChI=1S/C27H34O3/c28-22-3-1-21(2-4-22)24-7-17-5-18(8-24)12-26(11-17,15-24)27-13-19-6-20(14-27)10-25(9-19,16-27)23(29)30/h1-4,17-20,28H,5-16H2,(H,29,30). The molecule has 3 heteroatoms. The Kier molecular flexibility index (Phi) is 3.29. The van der Waals surface area contributed by atoms with E-state index in [1.54, 1.807) is 0 Å². The van der Waals surface area contributed by atoms with Crippen molar-refractivity contribution in [3.8, 4) is 5.75 Å². The summed E-state index contributed by atoms with van der Waals surface area (Å²) in [7, 11) is 0. The first-order chi connectivity index (χ1) is 14.3. The Hall–Kier alpha value is -1.51. The van der Waals surface area contributed by atoms with Gasteiger partial charge in [-0.2, -0.15) is 0 Å². The lowest BCUT2D eigenvalue weighted by molar-refractivity contribution is -0.230. The second-order valence-electron chi connectivity index (χ2n) is 12.9. The predicted molar refractivity (Wildman–Crippen MR) is 114 cm³/mol. The number of aliphatic carboxylic acids is 1. The van der Waals surface area contributed by atoms with Crippen molar-refractivity contribution in [2.45, 2.75) is 82.5 Å². The molecule has 0 saturated heterocycles. The van der Waals surface area contributed by atoms with Crippen molar-refractivity contribution < 1.29 is 15.0 Å². The Morgan fingerprint density at radius 3 is 1.77 bits per heavy atom. The van der Waals surface area contributed by atoms with Crippen LogP contribution in [0.5, 0.6) is 5.75 Å². The van der Waals surface area contributed by atoms with E-state index in [2.05, 4.69) is 12.1 Å². The van der Waals surface area contributed by atoms with Crippen LogP contribution in [0, 0.1) is 39.9 Å². The number of hydrogen-bond donors (Lipinski definition) is 2. The molecule has 0 aromatic heterocycles. The van der Waals surface area contributed by atoms with E-state index in [0.717, 1.165) is 31.1 Å². The van der Waals surface area contributed by atoms with E-state index in [1.165, 1.54) is 63.4 Å². The molecule has 2 N–H and O–H groups in total. The maximum Gasteiger partial charge on any atom is 0.309 e. The molecule has 0 heterocycles. The lowest BCUT2D eigenvalue weighted by atomic mass is 9.31. The van der Waals surface area contributed by atoms with Crippen molar-refractivity contribution >= 4 is 5.97 Å². The van der Waals surface area contributed by atoms with Crippen LogP contribution in [0.3, 0.4) is 0 Å². The molecule has 30 heavy (non-hydrogen) atoms. The molecule has 8 aliphatic rings. The summed E-state index contributed by atoms with van der Waals surface area (Å²) in [4.78, 5) is 12.5. The zero-order valence-corrected chi connectivity index (χ0v) is 17.9. The molecule has 160 valence electrons. The summed E-state index contributed by atoms with van der Waals surface area (Å²) in [6.07, 6.45) is 14.8. The molecule has 8 aliphatic carbocycles. The van der Waals surface area contributed by atoms with Crippen LogP contribution in [-0.4, -0.2) is 16.2 Å². The summed E-state index contributed by atoms with van der Waals surface area (Å²) in [6.45, 7) is 0. The minimum Gasteiger partial charge on any atom is -0.508 e. The number of rotatable bonds is 3. The number of phenols is 1. The van der Waals surface area contributed by atoms with Crippen molar-refractivity contribution in [1.29, 1.82) is 0 Å². The van der Waals surface area contributed by atoms with Gasteiger partial charge in [0.1, 0.15) is 5.75 Å². The number of phenolic OH excluding ortho intramolecular Hbond substituents is 1. The Bertz CT molecular complexity index is 887. The average Bonchev–Trinajstić information content (AvgIpc) is 2.66. The predicted octanol–water partition coefficient (Wildman–Crippen LogP) is 5.90. The molecule has 0 radical (unpaired) electrons. The quantitative estimate of drug-likeness (QED) is 0.657. The Labute approximate surface area is 179 Å². The molecule has 4 atom stereocenters. The van der Waals surface area contributed by atoms with Crippen LogP contribution in [0.1, 0.15) is 82.6 Å². The SMILES string of the molecule is O=C(O)C12CC3CC(C1)CC(C14CC5CC(CC(c6ccc(O)cc6)(C5)C1)C4)(C3)C2. The summed E-state index contributed by atoms with van der Waals surface area (Å²) < 4.78 is 0. The first-order valence-corrected chi connectivity index (χ1v) is 12.4. The molecule has 8 fully saturated rings. The van der Waals surface area contributed by atoms with E-state index >= 15 is 0 Å². The van der Waals surface area contributed by atoms with Crippen LogP contribution in [0.4, 0.5) is 0 Å². The third kappa shape index (κ3) is 2.15. The Morgan fingerprint density at radius 2 is 1.23 bits per heavy atom. The van der Waals surface area contributed by atoms with Gasteiger partial charge in [-0.1, -0.05) is 12.1 Å². The number of hydrogen-bond acceptors (Lipinski definition) is 2. The summed E-state index contributed by atoms with van der Waals surface area (Å²) in [5, 5.41) is 20.2. The first kappa shape index (κ1) is 18.1. The zero-order chi connectivity index (χ0) is 20.4. The molecule has 1 aromatic rings. The van der Waals surface area contributed by atoms with Gasteiger partial charge in [0.05, 0.1) is 5.41 Å². The average molecular weight is 407 g/mol. The molecule has 0 spiro atoms. The van der Waals surface area contributed by atoms with Crippen molar-refractivity contribution in [2.24, 2.45) is 39.9 Å². The lowest BCUT2D eigenvalue weighted by Gasteiger charge is -2.73. The molecule has 1 aromatic carbocycles. The maximum absolute atomic E-state index is 12.5. The number of benzene rings is 1. The number of carboxylic acid groups (broad SMARTS) is 1. The van der Waals surface area contributed by atoms with Crippen LogP contribution >= 0.6 is 0 Å².